The van der Waals surface area contributed by atoms with Crippen molar-refractivity contribution in [3.8, 4) is 5.75 Å². The fourth-order valence-electron chi connectivity index (χ4n) is 1.53. The Morgan fingerprint density at radius 1 is 1.22 bits per heavy atom. The molecule has 1 aromatic rings. The number of carbonyl (C=O) groups excluding carboxylic acids is 1. The zero-order valence-corrected chi connectivity index (χ0v) is 9.37. The molecule has 2 rings (SSSR count). The van der Waals surface area contributed by atoms with Gasteiger partial charge < -0.3 is 9.47 Å². The highest BCUT2D eigenvalue weighted by Gasteiger charge is 2.35. The molecule has 0 atom stereocenters. The molecule has 0 N–H and O–H groups in total. The van der Waals surface area contributed by atoms with Crippen LogP contribution in [0.25, 0.3) is 0 Å². The lowest BCUT2D eigenvalue weighted by atomic mass is 9.96. The molecule has 18 heavy (non-hydrogen) atoms. The second kappa shape index (κ2) is 4.88. The quantitative estimate of drug-likeness (QED) is 0.599. The number of rotatable bonds is 2. The molecule has 0 heterocycles. The normalized spacial score (nSPS) is 15.9. The third-order valence-electron chi connectivity index (χ3n) is 2.70. The Kier molecular flexibility index (Phi) is 3.45. The molecule has 1 aliphatic rings. The molecule has 0 unspecified atom stereocenters. The number of alkyl halides is 3. The molecule has 1 aromatic carbocycles. The lowest BCUT2D eigenvalue weighted by Gasteiger charge is -2.24. The summed E-state index contributed by atoms with van der Waals surface area (Å²) in [5.74, 6) is -0.533. The molecule has 0 aromatic heterocycles. The van der Waals surface area contributed by atoms with Crippen molar-refractivity contribution in [2.45, 2.75) is 31.5 Å². The van der Waals surface area contributed by atoms with Gasteiger partial charge in [0.05, 0.1) is 5.56 Å². The summed E-state index contributed by atoms with van der Waals surface area (Å²) in [6.07, 6.45) is -3.46. The number of benzene rings is 1. The van der Waals surface area contributed by atoms with Gasteiger partial charge in [0.2, 0.25) is 0 Å². The summed E-state index contributed by atoms with van der Waals surface area (Å²) in [5.41, 5.74) is -0.990. The molecule has 0 saturated heterocycles. The van der Waals surface area contributed by atoms with Gasteiger partial charge in [-0.2, -0.15) is 13.2 Å². The van der Waals surface area contributed by atoms with E-state index in [0.717, 1.165) is 31.4 Å². The maximum atomic E-state index is 12.6. The number of halogens is 3. The maximum absolute atomic E-state index is 12.6. The van der Waals surface area contributed by atoms with E-state index in [4.69, 9.17) is 4.74 Å². The molecule has 1 fully saturated rings. The van der Waals surface area contributed by atoms with E-state index >= 15 is 0 Å². The molecule has 0 aliphatic heterocycles. The Bertz CT molecular complexity index is 438. The minimum absolute atomic E-state index is 0.226. The summed E-state index contributed by atoms with van der Waals surface area (Å²) in [7, 11) is 0. The van der Waals surface area contributed by atoms with Gasteiger partial charge in [0, 0.05) is 0 Å². The molecule has 0 bridgehead atoms. The molecule has 0 radical (unpaired) electrons. The Balaban J connectivity index is 2.06. The van der Waals surface area contributed by atoms with Gasteiger partial charge in [0.25, 0.3) is 0 Å². The van der Waals surface area contributed by atoms with E-state index in [1.54, 1.807) is 0 Å². The van der Waals surface area contributed by atoms with E-state index in [1.807, 2.05) is 0 Å². The minimum Gasteiger partial charge on any atom is -0.431 e. The van der Waals surface area contributed by atoms with Crippen molar-refractivity contribution in [2.24, 2.45) is 0 Å². The lowest BCUT2D eigenvalue weighted by Crippen LogP contribution is -2.27. The van der Waals surface area contributed by atoms with Gasteiger partial charge in [-0.25, -0.2) is 4.79 Å². The first-order chi connectivity index (χ1) is 8.47. The summed E-state index contributed by atoms with van der Waals surface area (Å²) < 4.78 is 47.2. The third-order valence-corrected chi connectivity index (χ3v) is 2.70. The molecule has 6 heteroatoms. The predicted octanol–water partition coefficient (Wildman–Crippen LogP) is 3.77. The van der Waals surface area contributed by atoms with E-state index in [-0.39, 0.29) is 6.10 Å². The third kappa shape index (κ3) is 2.94. The highest BCUT2D eigenvalue weighted by Crippen LogP contribution is 2.36. The van der Waals surface area contributed by atoms with E-state index < -0.39 is 23.6 Å². The van der Waals surface area contributed by atoms with Crippen molar-refractivity contribution in [1.82, 2.24) is 0 Å². The van der Waals surface area contributed by atoms with Gasteiger partial charge in [0.15, 0.2) is 0 Å². The van der Waals surface area contributed by atoms with Gasteiger partial charge in [-0.1, -0.05) is 12.1 Å². The first-order valence-electron chi connectivity index (χ1n) is 5.51. The van der Waals surface area contributed by atoms with Crippen LogP contribution in [0.4, 0.5) is 18.0 Å². The van der Waals surface area contributed by atoms with Crippen LogP contribution in [-0.2, 0) is 10.9 Å². The average Bonchev–Trinajstić information content (AvgIpc) is 2.23. The van der Waals surface area contributed by atoms with Gasteiger partial charge in [-0.05, 0) is 31.4 Å². The van der Waals surface area contributed by atoms with Crippen molar-refractivity contribution >= 4 is 6.16 Å². The van der Waals surface area contributed by atoms with Crippen molar-refractivity contribution in [2.75, 3.05) is 0 Å². The van der Waals surface area contributed by atoms with E-state index in [9.17, 15) is 18.0 Å². The van der Waals surface area contributed by atoms with Crippen molar-refractivity contribution in [1.29, 1.82) is 0 Å². The topological polar surface area (TPSA) is 35.5 Å². The molecule has 0 spiro atoms. The van der Waals surface area contributed by atoms with Gasteiger partial charge >= 0.3 is 12.3 Å². The summed E-state index contributed by atoms with van der Waals surface area (Å²) in [6, 6.07) is 4.53. The van der Waals surface area contributed by atoms with Crippen molar-refractivity contribution in [3.63, 3.8) is 0 Å². The van der Waals surface area contributed by atoms with Gasteiger partial charge in [-0.15, -0.1) is 0 Å². The summed E-state index contributed by atoms with van der Waals surface area (Å²) >= 11 is 0. The van der Waals surface area contributed by atoms with Crippen LogP contribution in [0, 0.1) is 0 Å². The summed E-state index contributed by atoms with van der Waals surface area (Å²) in [4.78, 5) is 11.3. The highest BCUT2D eigenvalue weighted by molar-refractivity contribution is 5.65. The van der Waals surface area contributed by atoms with Crippen LogP contribution in [0.1, 0.15) is 24.8 Å². The van der Waals surface area contributed by atoms with Crippen LogP contribution in [0.2, 0.25) is 0 Å². The summed E-state index contributed by atoms with van der Waals surface area (Å²) in [6.45, 7) is 0. The molecule has 1 aliphatic carbocycles. The molecular weight excluding hydrogens is 249 g/mol. The zero-order valence-electron chi connectivity index (χ0n) is 9.37. The van der Waals surface area contributed by atoms with Crippen LogP contribution in [-0.4, -0.2) is 12.3 Å². The second-order valence-corrected chi connectivity index (χ2v) is 4.02. The monoisotopic (exact) mass is 260 g/mol. The number of carbonyl (C=O) groups is 1. The lowest BCUT2D eigenvalue weighted by molar-refractivity contribution is -0.138. The maximum Gasteiger partial charge on any atom is 0.514 e. The van der Waals surface area contributed by atoms with E-state index in [1.165, 1.54) is 12.1 Å². The Labute approximate surface area is 102 Å². The van der Waals surface area contributed by atoms with E-state index in [0.29, 0.717) is 0 Å². The number of ether oxygens (including phenoxy) is 2. The summed E-state index contributed by atoms with van der Waals surface area (Å²) in [5, 5.41) is 0. The fraction of sp³-hybridized carbons (Fsp3) is 0.417. The first-order valence-corrected chi connectivity index (χ1v) is 5.51. The van der Waals surface area contributed by atoms with Crippen LogP contribution in [0.15, 0.2) is 24.3 Å². The van der Waals surface area contributed by atoms with Crippen LogP contribution >= 0.6 is 0 Å². The van der Waals surface area contributed by atoms with E-state index in [2.05, 4.69) is 4.74 Å². The number of hydrogen-bond donors (Lipinski definition) is 0. The Hall–Kier alpha value is -1.72. The number of hydrogen-bond acceptors (Lipinski definition) is 3. The molecular formula is C12H11F3O3. The highest BCUT2D eigenvalue weighted by atomic mass is 19.4. The Morgan fingerprint density at radius 3 is 2.44 bits per heavy atom. The van der Waals surface area contributed by atoms with Gasteiger partial charge in [0.1, 0.15) is 11.9 Å². The standard InChI is InChI=1S/C12H11F3O3/c13-12(14,15)9-6-1-2-7-10(9)18-11(16)17-8-4-3-5-8/h1-2,6-8H,3-5H2. The molecule has 3 nitrogen and oxygen atoms in total. The number of para-hydroxylation sites is 1. The molecule has 1 saturated carbocycles. The Morgan fingerprint density at radius 2 is 1.89 bits per heavy atom. The molecule has 0 amide bonds. The zero-order chi connectivity index (χ0) is 13.2. The van der Waals surface area contributed by atoms with Crippen molar-refractivity contribution < 1.29 is 27.4 Å². The average molecular weight is 260 g/mol. The SMILES string of the molecule is O=C(Oc1ccccc1C(F)(F)F)OC1CCC1. The fourth-order valence-corrected chi connectivity index (χ4v) is 1.53. The largest absolute Gasteiger partial charge is 0.514 e. The van der Waals surface area contributed by atoms with Crippen LogP contribution in [0.3, 0.4) is 0 Å². The van der Waals surface area contributed by atoms with Crippen LogP contribution in [0.5, 0.6) is 5.75 Å². The van der Waals surface area contributed by atoms with Crippen molar-refractivity contribution in [3.05, 3.63) is 29.8 Å². The van der Waals surface area contributed by atoms with Crippen LogP contribution < -0.4 is 4.74 Å². The first kappa shape index (κ1) is 12.7. The minimum atomic E-state index is -4.56. The predicted molar refractivity (Wildman–Crippen MR) is 56.2 cm³/mol. The van der Waals surface area contributed by atoms with Gasteiger partial charge in [-0.3, -0.25) is 0 Å². The molecule has 98 valence electrons. The second-order valence-electron chi connectivity index (χ2n) is 4.02. The smallest absolute Gasteiger partial charge is 0.431 e.